The Kier molecular flexibility index (Phi) is 5.48. The summed E-state index contributed by atoms with van der Waals surface area (Å²) in [5.74, 6) is -0.436. The van der Waals surface area contributed by atoms with E-state index in [1.807, 2.05) is 0 Å². The van der Waals surface area contributed by atoms with Crippen LogP contribution in [-0.2, 0) is 6.18 Å². The molecule has 150 valence electrons. The SMILES string of the molecule is CC(C)(C)Nc1cc(Oc2ccc(C(F)(F)F)cc2[N+](=O)[O-])ccc1[N+](=O)[O-]. The summed E-state index contributed by atoms with van der Waals surface area (Å²) in [7, 11) is 0. The lowest BCUT2D eigenvalue weighted by Crippen LogP contribution is -2.26. The highest BCUT2D eigenvalue weighted by Crippen LogP contribution is 2.39. The van der Waals surface area contributed by atoms with Crippen molar-refractivity contribution in [3.05, 3.63) is 62.2 Å². The summed E-state index contributed by atoms with van der Waals surface area (Å²) in [5, 5.41) is 25.2. The van der Waals surface area contributed by atoms with Gasteiger partial charge in [0.05, 0.1) is 15.4 Å². The molecular formula is C17H16F3N3O5. The van der Waals surface area contributed by atoms with Gasteiger partial charge in [0.25, 0.3) is 5.69 Å². The third-order valence-corrected chi connectivity index (χ3v) is 3.39. The van der Waals surface area contributed by atoms with E-state index < -0.39 is 38.6 Å². The van der Waals surface area contributed by atoms with Crippen molar-refractivity contribution < 1.29 is 27.8 Å². The normalized spacial score (nSPS) is 11.8. The van der Waals surface area contributed by atoms with Gasteiger partial charge in [0.1, 0.15) is 11.4 Å². The monoisotopic (exact) mass is 399 g/mol. The second-order valence-corrected chi connectivity index (χ2v) is 6.85. The van der Waals surface area contributed by atoms with E-state index in [9.17, 15) is 33.4 Å². The van der Waals surface area contributed by atoms with Gasteiger partial charge < -0.3 is 10.1 Å². The average molecular weight is 399 g/mol. The zero-order chi connectivity index (χ0) is 21.3. The fourth-order valence-electron chi connectivity index (χ4n) is 2.29. The number of hydrogen-bond donors (Lipinski definition) is 1. The zero-order valence-corrected chi connectivity index (χ0v) is 15.0. The summed E-state index contributed by atoms with van der Waals surface area (Å²) in [4.78, 5) is 20.7. The molecular weight excluding hydrogens is 383 g/mol. The molecule has 0 aliphatic rings. The van der Waals surface area contributed by atoms with Crippen molar-refractivity contribution in [1.82, 2.24) is 0 Å². The van der Waals surface area contributed by atoms with E-state index in [0.717, 1.165) is 12.1 Å². The minimum atomic E-state index is -4.75. The summed E-state index contributed by atoms with van der Waals surface area (Å²) in [6.45, 7) is 5.31. The van der Waals surface area contributed by atoms with Gasteiger partial charge in [0, 0.05) is 23.7 Å². The molecule has 0 aromatic heterocycles. The maximum absolute atomic E-state index is 12.8. The Bertz CT molecular complexity index is 923. The number of halogens is 3. The van der Waals surface area contributed by atoms with Crippen molar-refractivity contribution >= 4 is 17.1 Å². The van der Waals surface area contributed by atoms with Crippen LogP contribution in [0.4, 0.5) is 30.2 Å². The Labute approximate surface area is 157 Å². The maximum atomic E-state index is 12.8. The number of nitro benzene ring substituents is 2. The van der Waals surface area contributed by atoms with Gasteiger partial charge >= 0.3 is 11.9 Å². The van der Waals surface area contributed by atoms with Crippen molar-refractivity contribution in [1.29, 1.82) is 0 Å². The summed E-state index contributed by atoms with van der Waals surface area (Å²) < 4.78 is 43.7. The van der Waals surface area contributed by atoms with Crippen molar-refractivity contribution in [2.75, 3.05) is 5.32 Å². The molecule has 2 aromatic carbocycles. The molecule has 0 saturated carbocycles. The highest BCUT2D eigenvalue weighted by Gasteiger charge is 2.33. The first-order chi connectivity index (χ1) is 12.8. The Balaban J connectivity index is 2.46. The van der Waals surface area contributed by atoms with E-state index in [2.05, 4.69) is 5.32 Å². The number of nitrogens with one attached hydrogen (secondary N) is 1. The summed E-state index contributed by atoms with van der Waals surface area (Å²) in [5.41, 5.74) is -2.75. The van der Waals surface area contributed by atoms with Crippen LogP contribution in [0.3, 0.4) is 0 Å². The third-order valence-electron chi connectivity index (χ3n) is 3.39. The Morgan fingerprint density at radius 1 is 0.929 bits per heavy atom. The molecule has 0 aliphatic carbocycles. The molecule has 0 aliphatic heterocycles. The quantitative estimate of drug-likeness (QED) is 0.524. The molecule has 0 fully saturated rings. The number of rotatable bonds is 5. The molecule has 28 heavy (non-hydrogen) atoms. The van der Waals surface area contributed by atoms with Crippen molar-refractivity contribution in [3.63, 3.8) is 0 Å². The van der Waals surface area contributed by atoms with E-state index in [1.54, 1.807) is 20.8 Å². The number of alkyl halides is 3. The Morgan fingerprint density at radius 2 is 1.54 bits per heavy atom. The molecule has 0 spiro atoms. The number of nitro groups is 2. The summed E-state index contributed by atoms with van der Waals surface area (Å²) >= 11 is 0. The lowest BCUT2D eigenvalue weighted by atomic mass is 10.1. The molecule has 0 unspecified atom stereocenters. The van der Waals surface area contributed by atoms with Crippen LogP contribution in [0.25, 0.3) is 0 Å². The third kappa shape index (κ3) is 5.09. The van der Waals surface area contributed by atoms with Gasteiger partial charge in [-0.1, -0.05) is 0 Å². The van der Waals surface area contributed by atoms with E-state index in [1.165, 1.54) is 12.1 Å². The Hall–Kier alpha value is -3.37. The number of benzene rings is 2. The van der Waals surface area contributed by atoms with Crippen LogP contribution in [0.2, 0.25) is 0 Å². The fraction of sp³-hybridized carbons (Fsp3) is 0.294. The van der Waals surface area contributed by atoms with Gasteiger partial charge in [-0.25, -0.2) is 0 Å². The minimum absolute atomic E-state index is 0.0137. The second kappa shape index (κ2) is 7.33. The summed E-state index contributed by atoms with van der Waals surface area (Å²) in [6, 6.07) is 5.45. The molecule has 0 radical (unpaired) electrons. The van der Waals surface area contributed by atoms with Crippen molar-refractivity contribution in [2.45, 2.75) is 32.5 Å². The highest BCUT2D eigenvalue weighted by atomic mass is 19.4. The molecule has 0 heterocycles. The largest absolute Gasteiger partial charge is 0.450 e. The van der Waals surface area contributed by atoms with Gasteiger partial charge in [-0.3, -0.25) is 20.2 Å². The number of nitrogens with zero attached hydrogens (tertiary/aromatic N) is 2. The average Bonchev–Trinajstić information content (AvgIpc) is 2.52. The molecule has 2 rings (SSSR count). The fourth-order valence-corrected chi connectivity index (χ4v) is 2.29. The molecule has 0 saturated heterocycles. The molecule has 8 nitrogen and oxygen atoms in total. The van der Waals surface area contributed by atoms with Crippen LogP contribution in [0.5, 0.6) is 11.5 Å². The molecule has 2 aromatic rings. The topological polar surface area (TPSA) is 108 Å². The van der Waals surface area contributed by atoms with Gasteiger partial charge in [0.2, 0.25) is 5.75 Å². The minimum Gasteiger partial charge on any atom is -0.450 e. The van der Waals surface area contributed by atoms with E-state index in [0.29, 0.717) is 12.1 Å². The first-order valence-corrected chi connectivity index (χ1v) is 7.88. The first kappa shape index (κ1) is 20.9. The number of hydrogen-bond acceptors (Lipinski definition) is 6. The maximum Gasteiger partial charge on any atom is 0.416 e. The van der Waals surface area contributed by atoms with Gasteiger partial charge in [-0.2, -0.15) is 13.2 Å². The molecule has 1 N–H and O–H groups in total. The van der Waals surface area contributed by atoms with Crippen LogP contribution in [-0.4, -0.2) is 15.4 Å². The number of ether oxygens (including phenoxy) is 1. The van der Waals surface area contributed by atoms with Crippen LogP contribution in [0, 0.1) is 20.2 Å². The summed E-state index contributed by atoms with van der Waals surface area (Å²) in [6.07, 6.45) is -4.75. The van der Waals surface area contributed by atoms with Crippen LogP contribution in [0.15, 0.2) is 36.4 Å². The van der Waals surface area contributed by atoms with E-state index in [4.69, 9.17) is 4.74 Å². The predicted octanol–water partition coefficient (Wildman–Crippen LogP) is 5.52. The lowest BCUT2D eigenvalue weighted by molar-refractivity contribution is -0.385. The first-order valence-electron chi connectivity index (χ1n) is 7.88. The van der Waals surface area contributed by atoms with Crippen LogP contribution < -0.4 is 10.1 Å². The van der Waals surface area contributed by atoms with Crippen LogP contribution >= 0.6 is 0 Å². The van der Waals surface area contributed by atoms with Crippen LogP contribution in [0.1, 0.15) is 26.3 Å². The molecule has 11 heteroatoms. The predicted molar refractivity (Wildman–Crippen MR) is 94.6 cm³/mol. The van der Waals surface area contributed by atoms with Crippen molar-refractivity contribution in [3.8, 4) is 11.5 Å². The van der Waals surface area contributed by atoms with E-state index >= 15 is 0 Å². The van der Waals surface area contributed by atoms with Crippen molar-refractivity contribution in [2.24, 2.45) is 0 Å². The van der Waals surface area contributed by atoms with Gasteiger partial charge in [-0.05, 0) is 39.0 Å². The zero-order valence-electron chi connectivity index (χ0n) is 15.0. The highest BCUT2D eigenvalue weighted by molar-refractivity contribution is 5.65. The molecule has 0 bridgehead atoms. The molecule has 0 atom stereocenters. The standard InChI is InChI=1S/C17H16F3N3O5/c1-16(2,3)21-12-9-11(5-6-13(12)22(24)25)28-15-7-4-10(17(18,19)20)8-14(15)23(26)27/h4-9,21H,1-3H3. The van der Waals surface area contributed by atoms with Gasteiger partial charge in [0.15, 0.2) is 0 Å². The van der Waals surface area contributed by atoms with E-state index in [-0.39, 0.29) is 17.1 Å². The molecule has 0 amide bonds. The lowest BCUT2D eigenvalue weighted by Gasteiger charge is -2.22. The van der Waals surface area contributed by atoms with Gasteiger partial charge in [-0.15, -0.1) is 0 Å². The smallest absolute Gasteiger partial charge is 0.416 e. The number of anilines is 1. The second-order valence-electron chi connectivity index (χ2n) is 6.85. The Morgan fingerprint density at radius 3 is 2.04 bits per heavy atom.